The van der Waals surface area contributed by atoms with E-state index in [1.165, 1.54) is 13.5 Å². The lowest BCUT2D eigenvalue weighted by Crippen LogP contribution is -2.36. The maximum absolute atomic E-state index is 12.6. The van der Waals surface area contributed by atoms with Gasteiger partial charge in [-0.15, -0.1) is 0 Å². The van der Waals surface area contributed by atoms with Crippen LogP contribution in [0.2, 0.25) is 0 Å². The van der Waals surface area contributed by atoms with Crippen molar-refractivity contribution in [3.63, 3.8) is 0 Å². The third-order valence-electron chi connectivity index (χ3n) is 4.73. The van der Waals surface area contributed by atoms with Crippen molar-refractivity contribution >= 4 is 33.4 Å². The van der Waals surface area contributed by atoms with Crippen molar-refractivity contribution in [2.75, 3.05) is 12.4 Å². The van der Waals surface area contributed by atoms with E-state index in [0.717, 1.165) is 30.2 Å². The van der Waals surface area contributed by atoms with E-state index in [9.17, 15) is 9.59 Å². The molecule has 0 radical (unpaired) electrons. The van der Waals surface area contributed by atoms with Gasteiger partial charge in [0, 0.05) is 21.8 Å². The van der Waals surface area contributed by atoms with Gasteiger partial charge in [-0.05, 0) is 49.2 Å². The van der Waals surface area contributed by atoms with Crippen molar-refractivity contribution < 1.29 is 14.3 Å². The van der Waals surface area contributed by atoms with Gasteiger partial charge in [0.25, 0.3) is 11.8 Å². The lowest BCUT2D eigenvalue weighted by Gasteiger charge is -2.22. The molecule has 2 N–H and O–H groups in total. The highest BCUT2D eigenvalue weighted by molar-refractivity contribution is 9.10. The number of amides is 2. The summed E-state index contributed by atoms with van der Waals surface area (Å²) >= 11 is 3.37. The van der Waals surface area contributed by atoms with Gasteiger partial charge in [0.15, 0.2) is 0 Å². The summed E-state index contributed by atoms with van der Waals surface area (Å²) in [6.45, 7) is 0. The Kier molecular flexibility index (Phi) is 6.50. The number of methoxy groups -OCH3 is 1. The third-order valence-corrected chi connectivity index (χ3v) is 5.22. The van der Waals surface area contributed by atoms with Gasteiger partial charge in [0.1, 0.15) is 5.75 Å². The minimum absolute atomic E-state index is 0.0990. The number of carbonyl (C=O) groups excluding carboxylic acids is 2. The lowest BCUT2D eigenvalue weighted by molar-refractivity contribution is 0.0926. The first-order valence-electron chi connectivity index (χ1n) is 9.12. The maximum atomic E-state index is 12.6. The van der Waals surface area contributed by atoms with Crippen molar-refractivity contribution in [3.8, 4) is 5.75 Å². The highest BCUT2D eigenvalue weighted by Crippen LogP contribution is 2.24. The number of anilines is 1. The molecule has 1 saturated carbocycles. The van der Waals surface area contributed by atoms with Crippen LogP contribution in [0.5, 0.6) is 5.75 Å². The van der Waals surface area contributed by atoms with Gasteiger partial charge in [-0.3, -0.25) is 9.59 Å². The average molecular weight is 431 g/mol. The Labute approximate surface area is 167 Å². The molecule has 5 nitrogen and oxygen atoms in total. The zero-order chi connectivity index (χ0) is 19.2. The first-order valence-corrected chi connectivity index (χ1v) is 9.92. The molecule has 1 aliphatic rings. The van der Waals surface area contributed by atoms with Crippen molar-refractivity contribution in [1.82, 2.24) is 5.32 Å². The highest BCUT2D eigenvalue weighted by atomic mass is 79.9. The number of benzene rings is 2. The van der Waals surface area contributed by atoms with Gasteiger partial charge in [-0.1, -0.05) is 41.3 Å². The van der Waals surface area contributed by atoms with Gasteiger partial charge in [-0.2, -0.15) is 0 Å². The number of rotatable bonds is 5. The summed E-state index contributed by atoms with van der Waals surface area (Å²) in [4.78, 5) is 25.1. The van der Waals surface area contributed by atoms with E-state index < -0.39 is 0 Å². The zero-order valence-electron chi connectivity index (χ0n) is 15.3. The number of halogens is 1. The van der Waals surface area contributed by atoms with E-state index in [0.29, 0.717) is 22.6 Å². The molecule has 0 saturated heterocycles. The Hall–Kier alpha value is -2.34. The van der Waals surface area contributed by atoms with Crippen molar-refractivity contribution in [3.05, 3.63) is 58.1 Å². The molecule has 2 aromatic rings. The third kappa shape index (κ3) is 5.10. The van der Waals surface area contributed by atoms with Gasteiger partial charge in [0.2, 0.25) is 0 Å². The monoisotopic (exact) mass is 430 g/mol. The summed E-state index contributed by atoms with van der Waals surface area (Å²) in [6.07, 6.45) is 5.63. The summed E-state index contributed by atoms with van der Waals surface area (Å²) in [5, 5.41) is 5.93. The molecule has 3 rings (SSSR count). The topological polar surface area (TPSA) is 67.4 Å². The quantitative estimate of drug-likeness (QED) is 0.717. The molecule has 0 spiro atoms. The van der Waals surface area contributed by atoms with Crippen LogP contribution in [0.1, 0.15) is 52.8 Å². The van der Waals surface area contributed by atoms with Gasteiger partial charge >= 0.3 is 0 Å². The van der Waals surface area contributed by atoms with E-state index in [1.807, 2.05) is 6.07 Å². The van der Waals surface area contributed by atoms with E-state index in [2.05, 4.69) is 26.6 Å². The van der Waals surface area contributed by atoms with Gasteiger partial charge in [0.05, 0.1) is 12.7 Å². The fourth-order valence-electron chi connectivity index (χ4n) is 3.31. The van der Waals surface area contributed by atoms with Gasteiger partial charge < -0.3 is 15.4 Å². The average Bonchev–Trinajstić information content (AvgIpc) is 2.69. The molecule has 0 unspecified atom stereocenters. The van der Waals surface area contributed by atoms with Crippen LogP contribution in [-0.2, 0) is 0 Å². The first-order chi connectivity index (χ1) is 13.1. The summed E-state index contributed by atoms with van der Waals surface area (Å²) in [6, 6.07) is 12.5. The van der Waals surface area contributed by atoms with Crippen molar-refractivity contribution in [2.24, 2.45) is 0 Å². The fourth-order valence-corrected chi connectivity index (χ4v) is 3.67. The lowest BCUT2D eigenvalue weighted by atomic mass is 9.95. The Morgan fingerprint density at radius 1 is 1.04 bits per heavy atom. The number of carbonyl (C=O) groups is 2. The molecule has 0 aliphatic heterocycles. The zero-order valence-corrected chi connectivity index (χ0v) is 16.8. The Morgan fingerprint density at radius 3 is 2.56 bits per heavy atom. The van der Waals surface area contributed by atoms with Crippen LogP contribution in [-0.4, -0.2) is 25.0 Å². The van der Waals surface area contributed by atoms with Crippen LogP contribution in [0.25, 0.3) is 0 Å². The number of hydrogen-bond acceptors (Lipinski definition) is 3. The summed E-state index contributed by atoms with van der Waals surface area (Å²) in [7, 11) is 1.52. The Bertz CT molecular complexity index is 832. The second kappa shape index (κ2) is 9.04. The van der Waals surface area contributed by atoms with E-state index in [1.54, 1.807) is 36.4 Å². The molecule has 2 amide bonds. The Balaban J connectivity index is 1.71. The fraction of sp³-hybridized carbons (Fsp3) is 0.333. The van der Waals surface area contributed by atoms with Crippen LogP contribution >= 0.6 is 15.9 Å². The predicted molar refractivity (Wildman–Crippen MR) is 109 cm³/mol. The van der Waals surface area contributed by atoms with Gasteiger partial charge in [-0.25, -0.2) is 0 Å². The van der Waals surface area contributed by atoms with Crippen LogP contribution < -0.4 is 15.4 Å². The Morgan fingerprint density at radius 2 is 1.81 bits per heavy atom. The molecule has 0 heterocycles. The van der Waals surface area contributed by atoms with Crippen LogP contribution in [0.4, 0.5) is 5.69 Å². The second-order valence-corrected chi connectivity index (χ2v) is 7.60. The van der Waals surface area contributed by atoms with Crippen LogP contribution in [0.15, 0.2) is 46.9 Å². The molecular weight excluding hydrogens is 408 g/mol. The summed E-state index contributed by atoms with van der Waals surface area (Å²) in [5.74, 6) is 0.0953. The number of nitrogens with one attached hydrogen (secondary N) is 2. The van der Waals surface area contributed by atoms with Crippen LogP contribution in [0.3, 0.4) is 0 Å². The minimum atomic E-state index is -0.294. The van der Waals surface area contributed by atoms with Crippen LogP contribution in [0, 0.1) is 0 Å². The SMILES string of the molecule is COc1ccc(Br)cc1C(=O)Nc1cccc(C(=O)NC2CCCCC2)c1. The molecule has 0 atom stereocenters. The summed E-state index contributed by atoms with van der Waals surface area (Å²) < 4.78 is 6.05. The summed E-state index contributed by atoms with van der Waals surface area (Å²) in [5.41, 5.74) is 1.53. The predicted octanol–water partition coefficient (Wildman–Crippen LogP) is 4.77. The van der Waals surface area contributed by atoms with E-state index in [-0.39, 0.29) is 17.9 Å². The largest absolute Gasteiger partial charge is 0.496 e. The molecule has 2 aromatic carbocycles. The number of ether oxygens (including phenoxy) is 1. The molecule has 0 aromatic heterocycles. The van der Waals surface area contributed by atoms with E-state index >= 15 is 0 Å². The molecule has 27 heavy (non-hydrogen) atoms. The van der Waals surface area contributed by atoms with E-state index in [4.69, 9.17) is 4.74 Å². The smallest absolute Gasteiger partial charge is 0.259 e. The molecule has 1 aliphatic carbocycles. The normalized spacial score (nSPS) is 14.4. The van der Waals surface area contributed by atoms with Crippen molar-refractivity contribution in [1.29, 1.82) is 0 Å². The highest BCUT2D eigenvalue weighted by Gasteiger charge is 2.18. The molecule has 142 valence electrons. The molecule has 6 heteroatoms. The van der Waals surface area contributed by atoms with Crippen molar-refractivity contribution in [2.45, 2.75) is 38.1 Å². The second-order valence-electron chi connectivity index (χ2n) is 6.69. The maximum Gasteiger partial charge on any atom is 0.259 e. The minimum Gasteiger partial charge on any atom is -0.496 e. The first kappa shape index (κ1) is 19.4. The standard InChI is InChI=1S/C21H23BrN2O3/c1-27-19-11-10-15(22)13-18(19)21(26)24-17-9-5-6-14(12-17)20(25)23-16-7-3-2-4-8-16/h5-6,9-13,16H,2-4,7-8H2,1H3,(H,23,25)(H,24,26). The molecule has 0 bridgehead atoms. The number of hydrogen-bond donors (Lipinski definition) is 2. The molecule has 1 fully saturated rings. The molecular formula is C21H23BrN2O3.